The normalized spacial score (nSPS) is 10.3. The number of nitrogens with one attached hydrogen (secondary N) is 1. The van der Waals surface area contributed by atoms with E-state index in [9.17, 15) is 4.79 Å². The lowest BCUT2D eigenvalue weighted by Gasteiger charge is -2.05. The van der Waals surface area contributed by atoms with Gasteiger partial charge >= 0.3 is 0 Å². The first-order chi connectivity index (χ1) is 8.63. The van der Waals surface area contributed by atoms with Crippen molar-refractivity contribution in [1.82, 2.24) is 20.1 Å². The van der Waals surface area contributed by atoms with E-state index < -0.39 is 0 Å². The van der Waals surface area contributed by atoms with Gasteiger partial charge in [0.2, 0.25) is 5.91 Å². The number of aromatic nitrogens is 3. The van der Waals surface area contributed by atoms with Gasteiger partial charge in [0.15, 0.2) is 0 Å². The van der Waals surface area contributed by atoms with Crippen LogP contribution < -0.4 is 11.1 Å². The number of aryl methyl sites for hydroxylation is 1. The third-order valence-corrected chi connectivity index (χ3v) is 2.42. The Morgan fingerprint density at radius 1 is 1.44 bits per heavy atom. The molecule has 0 radical (unpaired) electrons. The molecule has 0 unspecified atom stereocenters. The predicted octanol–water partition coefficient (Wildman–Crippen LogP) is 0.485. The summed E-state index contributed by atoms with van der Waals surface area (Å²) in [6.07, 6.45) is 4.88. The maximum absolute atomic E-state index is 11.6. The zero-order valence-corrected chi connectivity index (χ0v) is 10.1. The van der Waals surface area contributed by atoms with Gasteiger partial charge in [-0.1, -0.05) is 6.07 Å². The number of rotatable bonds is 4. The summed E-state index contributed by atoms with van der Waals surface area (Å²) in [5, 5.41) is 6.74. The van der Waals surface area contributed by atoms with E-state index in [-0.39, 0.29) is 12.5 Å². The highest BCUT2D eigenvalue weighted by Gasteiger charge is 2.03. The second-order valence-corrected chi connectivity index (χ2v) is 4.06. The second kappa shape index (κ2) is 5.31. The zero-order chi connectivity index (χ0) is 13.0. The van der Waals surface area contributed by atoms with Crippen LogP contribution in [0, 0.1) is 6.92 Å². The van der Waals surface area contributed by atoms with Gasteiger partial charge in [0.1, 0.15) is 6.54 Å². The molecule has 1 amide bonds. The molecule has 0 saturated heterocycles. The lowest BCUT2D eigenvalue weighted by molar-refractivity contribution is -0.122. The molecule has 0 aliphatic heterocycles. The van der Waals surface area contributed by atoms with Gasteiger partial charge < -0.3 is 11.1 Å². The first kappa shape index (κ1) is 12.1. The summed E-state index contributed by atoms with van der Waals surface area (Å²) in [6.45, 7) is 2.55. The molecule has 3 N–H and O–H groups in total. The van der Waals surface area contributed by atoms with Crippen molar-refractivity contribution in [3.05, 3.63) is 42.0 Å². The van der Waals surface area contributed by atoms with Gasteiger partial charge in [-0.25, -0.2) is 0 Å². The Morgan fingerprint density at radius 2 is 2.28 bits per heavy atom. The van der Waals surface area contributed by atoms with Crippen LogP contribution in [-0.2, 0) is 17.9 Å². The lowest BCUT2D eigenvalue weighted by Crippen LogP contribution is -2.27. The number of amides is 1. The number of carbonyl (C=O) groups is 1. The van der Waals surface area contributed by atoms with Crippen molar-refractivity contribution in [3.63, 3.8) is 0 Å². The molecule has 0 spiro atoms. The summed E-state index contributed by atoms with van der Waals surface area (Å²) < 4.78 is 1.50. The summed E-state index contributed by atoms with van der Waals surface area (Å²) in [7, 11) is 0. The molecule has 2 aromatic rings. The number of nitrogen functional groups attached to an aromatic ring is 1. The standard InChI is InChI=1S/C12H15N5O/c1-9-2-3-10(4-14-9)5-15-12(18)8-17-7-11(13)6-16-17/h2-4,6-7H,5,8,13H2,1H3,(H,15,18). The molecule has 0 aromatic carbocycles. The van der Waals surface area contributed by atoms with Crippen molar-refractivity contribution >= 4 is 11.6 Å². The fourth-order valence-corrected chi connectivity index (χ4v) is 1.47. The molecule has 0 aliphatic rings. The van der Waals surface area contributed by atoms with Crippen LogP contribution in [-0.4, -0.2) is 20.7 Å². The third-order valence-electron chi connectivity index (χ3n) is 2.42. The molecule has 0 fully saturated rings. The van der Waals surface area contributed by atoms with Gasteiger partial charge in [-0.3, -0.25) is 14.5 Å². The number of pyridine rings is 1. The molecule has 94 valence electrons. The molecule has 2 heterocycles. The van der Waals surface area contributed by atoms with E-state index in [2.05, 4.69) is 15.4 Å². The summed E-state index contributed by atoms with van der Waals surface area (Å²) in [4.78, 5) is 15.8. The van der Waals surface area contributed by atoms with Gasteiger partial charge in [0.25, 0.3) is 0 Å². The number of nitrogens with zero attached hydrogens (tertiary/aromatic N) is 3. The van der Waals surface area contributed by atoms with Crippen LogP contribution in [0.15, 0.2) is 30.7 Å². The fraction of sp³-hybridized carbons (Fsp3) is 0.250. The zero-order valence-electron chi connectivity index (χ0n) is 10.1. The largest absolute Gasteiger partial charge is 0.396 e. The first-order valence-electron chi connectivity index (χ1n) is 5.59. The van der Waals surface area contributed by atoms with Crippen LogP contribution in [0.3, 0.4) is 0 Å². The number of hydrogen-bond donors (Lipinski definition) is 2. The molecule has 18 heavy (non-hydrogen) atoms. The summed E-state index contributed by atoms with van der Waals surface area (Å²) in [5.41, 5.74) is 7.98. The maximum atomic E-state index is 11.6. The minimum Gasteiger partial charge on any atom is -0.396 e. The fourth-order valence-electron chi connectivity index (χ4n) is 1.47. The summed E-state index contributed by atoms with van der Waals surface area (Å²) >= 11 is 0. The number of carbonyl (C=O) groups excluding carboxylic acids is 1. The summed E-state index contributed by atoms with van der Waals surface area (Å²) in [6, 6.07) is 3.85. The number of hydrogen-bond acceptors (Lipinski definition) is 4. The van der Waals surface area contributed by atoms with Crippen LogP contribution in [0.4, 0.5) is 5.69 Å². The van der Waals surface area contributed by atoms with Crippen LogP contribution in [0.5, 0.6) is 0 Å². The first-order valence-corrected chi connectivity index (χ1v) is 5.59. The van der Waals surface area contributed by atoms with Gasteiger partial charge in [-0.15, -0.1) is 0 Å². The lowest BCUT2D eigenvalue weighted by atomic mass is 10.2. The highest BCUT2D eigenvalue weighted by atomic mass is 16.2. The van der Waals surface area contributed by atoms with Gasteiger partial charge in [-0.05, 0) is 18.6 Å². The Labute approximate surface area is 105 Å². The van der Waals surface area contributed by atoms with E-state index in [1.807, 2.05) is 19.1 Å². The predicted molar refractivity (Wildman–Crippen MR) is 67.5 cm³/mol. The van der Waals surface area contributed by atoms with Gasteiger partial charge in [0, 0.05) is 24.6 Å². The smallest absolute Gasteiger partial charge is 0.241 e. The van der Waals surface area contributed by atoms with Crippen LogP contribution in [0.1, 0.15) is 11.3 Å². The van der Waals surface area contributed by atoms with E-state index in [1.54, 1.807) is 12.4 Å². The van der Waals surface area contributed by atoms with Crippen LogP contribution >= 0.6 is 0 Å². The SMILES string of the molecule is Cc1ccc(CNC(=O)Cn2cc(N)cn2)cn1. The van der Waals surface area contributed by atoms with E-state index in [0.29, 0.717) is 12.2 Å². The third kappa shape index (κ3) is 3.31. The highest BCUT2D eigenvalue weighted by molar-refractivity contribution is 5.75. The van der Waals surface area contributed by atoms with Crippen molar-refractivity contribution in [3.8, 4) is 0 Å². The topological polar surface area (TPSA) is 85.8 Å². The Hall–Kier alpha value is -2.37. The quantitative estimate of drug-likeness (QED) is 0.820. The minimum atomic E-state index is -0.112. The summed E-state index contributed by atoms with van der Waals surface area (Å²) in [5.74, 6) is -0.112. The average molecular weight is 245 g/mol. The van der Waals surface area contributed by atoms with Crippen molar-refractivity contribution < 1.29 is 4.79 Å². The van der Waals surface area contributed by atoms with Gasteiger partial charge in [-0.2, -0.15) is 5.10 Å². The molecule has 2 aromatic heterocycles. The highest BCUT2D eigenvalue weighted by Crippen LogP contribution is 1.99. The minimum absolute atomic E-state index is 0.112. The second-order valence-electron chi connectivity index (χ2n) is 4.06. The molecular formula is C12H15N5O. The number of nitrogens with two attached hydrogens (primary N) is 1. The van der Waals surface area contributed by atoms with Crippen molar-refractivity contribution in [2.75, 3.05) is 5.73 Å². The van der Waals surface area contributed by atoms with E-state index in [0.717, 1.165) is 11.3 Å². The molecule has 0 bridgehead atoms. The molecule has 6 nitrogen and oxygen atoms in total. The molecule has 0 saturated carbocycles. The van der Waals surface area contributed by atoms with Crippen molar-refractivity contribution in [2.24, 2.45) is 0 Å². The van der Waals surface area contributed by atoms with Crippen LogP contribution in [0.25, 0.3) is 0 Å². The average Bonchev–Trinajstić information content (AvgIpc) is 2.74. The van der Waals surface area contributed by atoms with E-state index >= 15 is 0 Å². The molecule has 0 aliphatic carbocycles. The number of anilines is 1. The van der Waals surface area contributed by atoms with Crippen LogP contribution in [0.2, 0.25) is 0 Å². The van der Waals surface area contributed by atoms with E-state index in [4.69, 9.17) is 5.73 Å². The maximum Gasteiger partial charge on any atom is 0.241 e. The molecule has 2 rings (SSSR count). The monoisotopic (exact) mass is 245 g/mol. The Kier molecular flexibility index (Phi) is 3.57. The van der Waals surface area contributed by atoms with Crippen molar-refractivity contribution in [2.45, 2.75) is 20.0 Å². The Balaban J connectivity index is 1.83. The van der Waals surface area contributed by atoms with E-state index in [1.165, 1.54) is 10.9 Å². The van der Waals surface area contributed by atoms with Crippen molar-refractivity contribution in [1.29, 1.82) is 0 Å². The molecule has 6 heteroatoms. The molecule has 0 atom stereocenters. The van der Waals surface area contributed by atoms with Gasteiger partial charge in [0.05, 0.1) is 11.9 Å². The molecular weight excluding hydrogens is 230 g/mol. The Bertz CT molecular complexity index is 532. The Morgan fingerprint density at radius 3 is 2.89 bits per heavy atom.